The minimum absolute atomic E-state index is 0.0267. The van der Waals surface area contributed by atoms with Gasteiger partial charge in [0.1, 0.15) is 18.9 Å². The standard InChI is InChI=1S/C11H10N6OS/c12-4-9-13-6-17(16-9)5-10(18)15-11-14-7-2-1-3-8(7)19-11/h6H,1-3,5H2,(H,14,15,18). The van der Waals surface area contributed by atoms with E-state index < -0.39 is 0 Å². The highest BCUT2D eigenvalue weighted by atomic mass is 32.1. The lowest BCUT2D eigenvalue weighted by atomic mass is 10.4. The van der Waals surface area contributed by atoms with Crippen LogP contribution in [0.5, 0.6) is 0 Å². The average molecular weight is 274 g/mol. The lowest BCUT2D eigenvalue weighted by Gasteiger charge is -2.01. The third-order valence-electron chi connectivity index (χ3n) is 2.78. The van der Waals surface area contributed by atoms with Gasteiger partial charge in [0.25, 0.3) is 5.82 Å². The molecular formula is C11H10N6OS. The molecule has 0 saturated carbocycles. The summed E-state index contributed by atoms with van der Waals surface area (Å²) in [4.78, 5) is 21.2. The fourth-order valence-electron chi connectivity index (χ4n) is 1.97. The topological polar surface area (TPSA) is 96.5 Å². The van der Waals surface area contributed by atoms with Gasteiger partial charge >= 0.3 is 0 Å². The highest BCUT2D eigenvalue weighted by molar-refractivity contribution is 7.15. The largest absolute Gasteiger partial charge is 0.300 e. The van der Waals surface area contributed by atoms with Crippen LogP contribution in [0.3, 0.4) is 0 Å². The summed E-state index contributed by atoms with van der Waals surface area (Å²) in [6.45, 7) is 0.0267. The summed E-state index contributed by atoms with van der Waals surface area (Å²) in [6.07, 6.45) is 4.56. The fraction of sp³-hybridized carbons (Fsp3) is 0.364. The molecule has 2 aromatic rings. The van der Waals surface area contributed by atoms with E-state index in [0.717, 1.165) is 25.0 Å². The summed E-state index contributed by atoms with van der Waals surface area (Å²) >= 11 is 1.53. The van der Waals surface area contributed by atoms with E-state index in [-0.39, 0.29) is 18.3 Å². The molecule has 0 saturated heterocycles. The van der Waals surface area contributed by atoms with Gasteiger partial charge in [-0.15, -0.1) is 16.4 Å². The first-order valence-electron chi connectivity index (χ1n) is 5.82. The lowest BCUT2D eigenvalue weighted by molar-refractivity contribution is -0.116. The van der Waals surface area contributed by atoms with Gasteiger partial charge in [-0.3, -0.25) is 4.79 Å². The van der Waals surface area contributed by atoms with Crippen molar-refractivity contribution in [3.63, 3.8) is 0 Å². The molecule has 2 heterocycles. The maximum Gasteiger partial charge on any atom is 0.252 e. The number of rotatable bonds is 3. The van der Waals surface area contributed by atoms with Crippen molar-refractivity contribution in [3.8, 4) is 6.07 Å². The molecule has 7 nitrogen and oxygen atoms in total. The first kappa shape index (κ1) is 11.8. The number of nitrogens with one attached hydrogen (secondary N) is 1. The first-order valence-corrected chi connectivity index (χ1v) is 6.64. The highest BCUT2D eigenvalue weighted by Gasteiger charge is 2.17. The lowest BCUT2D eigenvalue weighted by Crippen LogP contribution is -2.19. The van der Waals surface area contributed by atoms with Crippen molar-refractivity contribution in [2.45, 2.75) is 25.8 Å². The van der Waals surface area contributed by atoms with Crippen LogP contribution in [-0.4, -0.2) is 25.7 Å². The molecule has 8 heteroatoms. The SMILES string of the molecule is N#Cc1ncn(CC(=O)Nc2nc3c(s2)CCC3)n1. The summed E-state index contributed by atoms with van der Waals surface area (Å²) in [7, 11) is 0. The molecule has 1 aliphatic rings. The third kappa shape index (κ3) is 2.46. The number of aromatic nitrogens is 4. The molecule has 3 rings (SSSR count). The second-order valence-electron chi connectivity index (χ2n) is 4.17. The number of hydrogen-bond donors (Lipinski definition) is 1. The van der Waals surface area contributed by atoms with Crippen LogP contribution in [0.2, 0.25) is 0 Å². The van der Waals surface area contributed by atoms with Crippen molar-refractivity contribution in [2.24, 2.45) is 0 Å². The Morgan fingerprint density at radius 3 is 3.21 bits per heavy atom. The van der Waals surface area contributed by atoms with E-state index in [1.54, 1.807) is 0 Å². The summed E-state index contributed by atoms with van der Waals surface area (Å²) in [6, 6.07) is 1.81. The van der Waals surface area contributed by atoms with Gasteiger partial charge in [0.05, 0.1) is 5.69 Å². The molecule has 0 bridgehead atoms. The van der Waals surface area contributed by atoms with Crippen LogP contribution in [0.1, 0.15) is 22.8 Å². The van der Waals surface area contributed by atoms with Gasteiger partial charge < -0.3 is 5.32 Å². The van der Waals surface area contributed by atoms with Gasteiger partial charge in [-0.05, 0) is 19.3 Å². The van der Waals surface area contributed by atoms with Crippen LogP contribution in [0.4, 0.5) is 5.13 Å². The third-order valence-corrected chi connectivity index (χ3v) is 3.86. The summed E-state index contributed by atoms with van der Waals surface area (Å²) < 4.78 is 1.33. The van der Waals surface area contributed by atoms with Crippen molar-refractivity contribution in [1.82, 2.24) is 19.7 Å². The molecule has 1 N–H and O–H groups in total. The van der Waals surface area contributed by atoms with Gasteiger partial charge in [0, 0.05) is 4.88 Å². The molecule has 1 aliphatic carbocycles. The normalized spacial score (nSPS) is 13.0. The molecule has 96 valence electrons. The number of anilines is 1. The van der Waals surface area contributed by atoms with Gasteiger partial charge in [-0.25, -0.2) is 14.6 Å². The Balaban J connectivity index is 1.63. The minimum atomic E-state index is -0.221. The van der Waals surface area contributed by atoms with Crippen molar-refractivity contribution in [3.05, 3.63) is 22.7 Å². The van der Waals surface area contributed by atoms with Gasteiger partial charge in [-0.1, -0.05) is 0 Å². The molecule has 0 spiro atoms. The molecule has 0 unspecified atom stereocenters. The minimum Gasteiger partial charge on any atom is -0.300 e. The number of amides is 1. The molecule has 0 radical (unpaired) electrons. The number of fused-ring (bicyclic) bond motifs is 1. The molecular weight excluding hydrogens is 264 g/mol. The maximum absolute atomic E-state index is 11.8. The molecule has 1 amide bonds. The van der Waals surface area contributed by atoms with E-state index in [1.165, 1.54) is 27.2 Å². The van der Waals surface area contributed by atoms with Crippen LogP contribution in [0, 0.1) is 11.3 Å². The summed E-state index contributed by atoms with van der Waals surface area (Å²) in [5.74, 6) is -0.164. The molecule has 0 aromatic carbocycles. The van der Waals surface area contributed by atoms with Crippen LogP contribution < -0.4 is 5.32 Å². The van der Waals surface area contributed by atoms with Crippen LogP contribution in [-0.2, 0) is 24.2 Å². The molecule has 0 aliphatic heterocycles. The van der Waals surface area contributed by atoms with Crippen molar-refractivity contribution >= 4 is 22.4 Å². The number of nitrogens with zero attached hydrogens (tertiary/aromatic N) is 5. The monoisotopic (exact) mass is 274 g/mol. The van der Waals surface area contributed by atoms with Crippen molar-refractivity contribution in [1.29, 1.82) is 5.26 Å². The Kier molecular flexibility index (Phi) is 2.97. The summed E-state index contributed by atoms with van der Waals surface area (Å²) in [5, 5.41) is 15.8. The number of carbonyl (C=O) groups excluding carboxylic acids is 1. The van der Waals surface area contributed by atoms with E-state index in [9.17, 15) is 4.79 Å². The van der Waals surface area contributed by atoms with Crippen LogP contribution in [0.15, 0.2) is 6.33 Å². The zero-order valence-corrected chi connectivity index (χ0v) is 10.8. The number of aryl methyl sites for hydroxylation is 2. The zero-order chi connectivity index (χ0) is 13.2. The first-order chi connectivity index (χ1) is 9.24. The van der Waals surface area contributed by atoms with E-state index in [4.69, 9.17) is 5.26 Å². The number of hydrogen-bond acceptors (Lipinski definition) is 6. The van der Waals surface area contributed by atoms with Crippen molar-refractivity contribution < 1.29 is 4.79 Å². The Morgan fingerprint density at radius 2 is 2.47 bits per heavy atom. The molecule has 2 aromatic heterocycles. The Labute approximate surface area is 112 Å². The van der Waals surface area contributed by atoms with E-state index >= 15 is 0 Å². The average Bonchev–Trinajstić information content (AvgIpc) is 3.03. The predicted octanol–water partition coefficient (Wildman–Crippen LogP) is 0.734. The Morgan fingerprint density at radius 1 is 1.58 bits per heavy atom. The van der Waals surface area contributed by atoms with E-state index in [0.29, 0.717) is 5.13 Å². The molecule has 19 heavy (non-hydrogen) atoms. The van der Waals surface area contributed by atoms with Gasteiger partial charge in [0.2, 0.25) is 5.91 Å². The Hall–Kier alpha value is -2.27. The Bertz CT molecular complexity index is 646. The number of thiazole rings is 1. The van der Waals surface area contributed by atoms with E-state index in [2.05, 4.69) is 20.4 Å². The van der Waals surface area contributed by atoms with Gasteiger partial charge in [-0.2, -0.15) is 5.26 Å². The number of nitriles is 1. The highest BCUT2D eigenvalue weighted by Crippen LogP contribution is 2.30. The van der Waals surface area contributed by atoms with Gasteiger partial charge in [0.15, 0.2) is 5.13 Å². The van der Waals surface area contributed by atoms with Crippen molar-refractivity contribution in [2.75, 3.05) is 5.32 Å². The molecule has 0 atom stereocenters. The smallest absolute Gasteiger partial charge is 0.252 e. The quantitative estimate of drug-likeness (QED) is 0.890. The zero-order valence-electron chi connectivity index (χ0n) is 9.96. The molecule has 0 fully saturated rings. The number of carbonyl (C=O) groups is 1. The maximum atomic E-state index is 11.8. The second kappa shape index (κ2) is 4.78. The summed E-state index contributed by atoms with van der Waals surface area (Å²) in [5.41, 5.74) is 1.10. The fourth-order valence-corrected chi connectivity index (χ4v) is 3.04. The van der Waals surface area contributed by atoms with Crippen LogP contribution in [0.25, 0.3) is 0 Å². The van der Waals surface area contributed by atoms with Crippen LogP contribution >= 0.6 is 11.3 Å². The second-order valence-corrected chi connectivity index (χ2v) is 5.25. The van der Waals surface area contributed by atoms with E-state index in [1.807, 2.05) is 6.07 Å². The predicted molar refractivity (Wildman–Crippen MR) is 67.5 cm³/mol.